The average molecular weight is 276 g/mol. The lowest BCUT2D eigenvalue weighted by Crippen LogP contribution is -2.26. The van der Waals surface area contributed by atoms with Gasteiger partial charge in [0.2, 0.25) is 0 Å². The quantitative estimate of drug-likeness (QED) is 0.900. The molecule has 0 spiro atoms. The number of nitrogens with zero attached hydrogens (tertiary/aromatic N) is 3. The molecule has 0 amide bonds. The molecular formula is C15H24N4O. The minimum Gasteiger partial charge on any atom is -0.396 e. The molecule has 2 atom stereocenters. The van der Waals surface area contributed by atoms with E-state index in [1.165, 1.54) is 0 Å². The Morgan fingerprint density at radius 1 is 1.35 bits per heavy atom. The highest BCUT2D eigenvalue weighted by molar-refractivity contribution is 5.68. The zero-order valence-electron chi connectivity index (χ0n) is 12.9. The summed E-state index contributed by atoms with van der Waals surface area (Å²) in [5.74, 6) is 0.977. The maximum absolute atomic E-state index is 9.23. The van der Waals surface area contributed by atoms with E-state index in [0.29, 0.717) is 0 Å². The van der Waals surface area contributed by atoms with Crippen LogP contribution in [-0.4, -0.2) is 32.4 Å². The number of aliphatic hydroxyl groups excluding tert-OH is 1. The molecule has 0 aliphatic carbocycles. The van der Waals surface area contributed by atoms with Gasteiger partial charge >= 0.3 is 0 Å². The van der Waals surface area contributed by atoms with Crippen LogP contribution in [0.5, 0.6) is 0 Å². The summed E-state index contributed by atoms with van der Waals surface area (Å²) in [4.78, 5) is 4.41. The van der Waals surface area contributed by atoms with Crippen molar-refractivity contribution in [3.8, 4) is 0 Å². The molecule has 5 nitrogen and oxygen atoms in total. The standard InChI is InChI=1S/C15H24N4O/c1-10(9-20)11(2)17-14-12-8-13(15(3,4)5)18-19(12)7-6-16-14/h6-8,10-11,20H,9H2,1-5H3,(H,16,17). The molecule has 110 valence electrons. The third-order valence-corrected chi connectivity index (χ3v) is 3.66. The van der Waals surface area contributed by atoms with E-state index >= 15 is 0 Å². The predicted octanol–water partition coefficient (Wildman–Crippen LogP) is 2.46. The third kappa shape index (κ3) is 2.93. The van der Waals surface area contributed by atoms with Crippen molar-refractivity contribution in [3.63, 3.8) is 0 Å². The summed E-state index contributed by atoms with van der Waals surface area (Å²) in [5, 5.41) is 17.2. The number of aliphatic hydroxyl groups is 1. The number of anilines is 1. The van der Waals surface area contributed by atoms with Crippen LogP contribution < -0.4 is 5.32 Å². The summed E-state index contributed by atoms with van der Waals surface area (Å²) in [6.07, 6.45) is 3.60. The smallest absolute Gasteiger partial charge is 0.152 e. The monoisotopic (exact) mass is 276 g/mol. The molecule has 2 unspecified atom stereocenters. The van der Waals surface area contributed by atoms with Crippen molar-refractivity contribution in [2.24, 2.45) is 5.92 Å². The molecule has 2 aromatic heterocycles. The lowest BCUT2D eigenvalue weighted by Gasteiger charge is -2.20. The maximum Gasteiger partial charge on any atom is 0.152 e. The van der Waals surface area contributed by atoms with Crippen molar-refractivity contribution in [2.45, 2.75) is 46.1 Å². The van der Waals surface area contributed by atoms with E-state index in [4.69, 9.17) is 0 Å². The van der Waals surface area contributed by atoms with E-state index in [-0.39, 0.29) is 24.0 Å². The molecule has 20 heavy (non-hydrogen) atoms. The molecule has 0 aliphatic rings. The number of rotatable bonds is 4. The van der Waals surface area contributed by atoms with Crippen LogP contribution in [0.4, 0.5) is 5.82 Å². The van der Waals surface area contributed by atoms with Gasteiger partial charge in [-0.3, -0.25) is 0 Å². The van der Waals surface area contributed by atoms with Crippen molar-refractivity contribution < 1.29 is 5.11 Å². The van der Waals surface area contributed by atoms with Crippen LogP contribution in [0.25, 0.3) is 5.52 Å². The first-order valence-corrected chi connectivity index (χ1v) is 7.05. The van der Waals surface area contributed by atoms with Crippen molar-refractivity contribution >= 4 is 11.3 Å². The van der Waals surface area contributed by atoms with Gasteiger partial charge in [0, 0.05) is 30.5 Å². The minimum atomic E-state index is 0.00724. The fraction of sp³-hybridized carbons (Fsp3) is 0.600. The lowest BCUT2D eigenvalue weighted by molar-refractivity contribution is 0.226. The van der Waals surface area contributed by atoms with E-state index < -0.39 is 0 Å². The molecule has 0 aliphatic heterocycles. The summed E-state index contributed by atoms with van der Waals surface area (Å²) in [5.41, 5.74) is 2.01. The van der Waals surface area contributed by atoms with Gasteiger partial charge in [-0.25, -0.2) is 9.50 Å². The van der Waals surface area contributed by atoms with Crippen LogP contribution in [-0.2, 0) is 5.41 Å². The Balaban J connectivity index is 2.37. The summed E-state index contributed by atoms with van der Waals surface area (Å²) in [6, 6.07) is 2.22. The molecular weight excluding hydrogens is 252 g/mol. The largest absolute Gasteiger partial charge is 0.396 e. The third-order valence-electron chi connectivity index (χ3n) is 3.66. The fourth-order valence-corrected chi connectivity index (χ4v) is 1.92. The van der Waals surface area contributed by atoms with Crippen molar-refractivity contribution in [1.82, 2.24) is 14.6 Å². The van der Waals surface area contributed by atoms with Gasteiger partial charge in [0.15, 0.2) is 5.82 Å². The van der Waals surface area contributed by atoms with Crippen molar-refractivity contribution in [2.75, 3.05) is 11.9 Å². The fourth-order valence-electron chi connectivity index (χ4n) is 1.92. The SMILES string of the molecule is CC(CO)C(C)Nc1nccn2nc(C(C)(C)C)cc12. The Morgan fingerprint density at radius 3 is 2.65 bits per heavy atom. The first-order chi connectivity index (χ1) is 9.32. The highest BCUT2D eigenvalue weighted by atomic mass is 16.3. The maximum atomic E-state index is 9.23. The van der Waals surface area contributed by atoms with Gasteiger partial charge < -0.3 is 10.4 Å². The van der Waals surface area contributed by atoms with Crippen LogP contribution in [0.3, 0.4) is 0 Å². The molecule has 0 saturated carbocycles. The van der Waals surface area contributed by atoms with Gasteiger partial charge in [-0.15, -0.1) is 0 Å². The highest BCUT2D eigenvalue weighted by Gasteiger charge is 2.20. The normalized spacial score (nSPS) is 15.3. The lowest BCUT2D eigenvalue weighted by atomic mass is 9.92. The molecule has 2 aromatic rings. The van der Waals surface area contributed by atoms with E-state index in [0.717, 1.165) is 17.0 Å². The number of hydrogen-bond donors (Lipinski definition) is 2. The summed E-state index contributed by atoms with van der Waals surface area (Å²) < 4.78 is 1.85. The molecule has 0 bridgehead atoms. The summed E-state index contributed by atoms with van der Waals surface area (Å²) in [7, 11) is 0. The second-order valence-electron chi connectivity index (χ2n) is 6.48. The van der Waals surface area contributed by atoms with Crippen molar-refractivity contribution in [1.29, 1.82) is 0 Å². The van der Waals surface area contributed by atoms with Gasteiger partial charge in [0.1, 0.15) is 5.52 Å². The van der Waals surface area contributed by atoms with Gasteiger partial charge in [0.05, 0.1) is 5.69 Å². The number of hydrogen-bond acceptors (Lipinski definition) is 4. The Hall–Kier alpha value is -1.62. The van der Waals surface area contributed by atoms with Crippen LogP contribution in [0.15, 0.2) is 18.5 Å². The Labute approximate surface area is 120 Å². The van der Waals surface area contributed by atoms with Crippen LogP contribution in [0.1, 0.15) is 40.3 Å². The topological polar surface area (TPSA) is 62.5 Å². The second kappa shape index (κ2) is 5.40. The predicted molar refractivity (Wildman–Crippen MR) is 81.0 cm³/mol. The van der Waals surface area contributed by atoms with Crippen LogP contribution in [0, 0.1) is 5.92 Å². The Kier molecular flexibility index (Phi) is 3.99. The average Bonchev–Trinajstić information content (AvgIpc) is 2.82. The molecule has 5 heteroatoms. The first-order valence-electron chi connectivity index (χ1n) is 7.05. The summed E-state index contributed by atoms with van der Waals surface area (Å²) in [6.45, 7) is 10.6. The van der Waals surface area contributed by atoms with Crippen molar-refractivity contribution in [3.05, 3.63) is 24.2 Å². The number of nitrogens with one attached hydrogen (secondary N) is 1. The van der Waals surface area contributed by atoms with Gasteiger partial charge in [-0.2, -0.15) is 5.10 Å². The molecule has 0 saturated heterocycles. The second-order valence-corrected chi connectivity index (χ2v) is 6.48. The van der Waals surface area contributed by atoms with E-state index in [1.807, 2.05) is 24.6 Å². The Morgan fingerprint density at radius 2 is 2.05 bits per heavy atom. The molecule has 0 radical (unpaired) electrons. The highest BCUT2D eigenvalue weighted by Crippen LogP contribution is 2.25. The van der Waals surface area contributed by atoms with E-state index in [2.05, 4.69) is 42.2 Å². The zero-order valence-corrected chi connectivity index (χ0v) is 12.9. The zero-order chi connectivity index (χ0) is 14.9. The molecule has 0 aromatic carbocycles. The first kappa shape index (κ1) is 14.8. The molecule has 2 N–H and O–H groups in total. The molecule has 2 heterocycles. The molecule has 2 rings (SSSR count). The summed E-state index contributed by atoms with van der Waals surface area (Å²) >= 11 is 0. The van der Waals surface area contributed by atoms with Gasteiger partial charge in [-0.05, 0) is 18.9 Å². The van der Waals surface area contributed by atoms with Crippen LogP contribution in [0.2, 0.25) is 0 Å². The number of aromatic nitrogens is 3. The van der Waals surface area contributed by atoms with Crippen LogP contribution >= 0.6 is 0 Å². The minimum absolute atomic E-state index is 0.00724. The van der Waals surface area contributed by atoms with E-state index in [9.17, 15) is 5.11 Å². The molecule has 0 fully saturated rings. The van der Waals surface area contributed by atoms with Gasteiger partial charge in [-0.1, -0.05) is 27.7 Å². The van der Waals surface area contributed by atoms with E-state index in [1.54, 1.807) is 6.20 Å². The van der Waals surface area contributed by atoms with Gasteiger partial charge in [0.25, 0.3) is 0 Å². The Bertz CT molecular complexity index is 585. The number of fused-ring (bicyclic) bond motifs is 1.